The van der Waals surface area contributed by atoms with Gasteiger partial charge in [0.1, 0.15) is 0 Å². The van der Waals surface area contributed by atoms with Gasteiger partial charge in [0, 0.05) is 12.8 Å². The molecule has 0 radical (unpaired) electrons. The van der Waals surface area contributed by atoms with Crippen LogP contribution in [0.5, 0.6) is 0 Å². The highest BCUT2D eigenvalue weighted by Gasteiger charge is 2.58. The van der Waals surface area contributed by atoms with Crippen LogP contribution in [-0.4, -0.2) is 58.0 Å². The number of rotatable bonds is 8. The number of benzene rings is 1. The smallest absolute Gasteiger partial charge is 0.353 e. The summed E-state index contributed by atoms with van der Waals surface area (Å²) < 4.78 is -0.663. The molecular formula is C22H30N3O5+. The molecule has 8 heteroatoms. The van der Waals surface area contributed by atoms with Crippen LogP contribution >= 0.6 is 0 Å². The minimum Gasteiger partial charge on any atom is -0.364 e. The van der Waals surface area contributed by atoms with Gasteiger partial charge >= 0.3 is 11.8 Å². The maximum atomic E-state index is 13.9. The molecule has 1 unspecified atom stereocenters. The Labute approximate surface area is 176 Å². The first kappa shape index (κ1) is 22.1. The number of carbonyl (C=O) groups is 4. The predicted molar refractivity (Wildman–Crippen MR) is 108 cm³/mol. The van der Waals surface area contributed by atoms with Gasteiger partial charge in [-0.05, 0) is 24.5 Å². The minimum atomic E-state index is -0.945. The first-order valence-electron chi connectivity index (χ1n) is 10.6. The summed E-state index contributed by atoms with van der Waals surface area (Å²) in [7, 11) is 0. The summed E-state index contributed by atoms with van der Waals surface area (Å²) >= 11 is 0. The molecule has 2 fully saturated rings. The molecule has 3 N–H and O–H groups in total. The van der Waals surface area contributed by atoms with E-state index in [0.29, 0.717) is 35.8 Å². The number of nitrogens with zero attached hydrogens (tertiary/aromatic N) is 2. The van der Waals surface area contributed by atoms with E-state index in [0.717, 1.165) is 25.7 Å². The average Bonchev–Trinajstić information content (AvgIpc) is 3.43. The topological polar surface area (TPSA) is 118 Å². The molecule has 1 saturated carbocycles. The highest BCUT2D eigenvalue weighted by Crippen LogP contribution is 2.37. The molecular weight excluding hydrogens is 386 g/mol. The van der Waals surface area contributed by atoms with Crippen molar-refractivity contribution in [3.63, 3.8) is 0 Å². The van der Waals surface area contributed by atoms with E-state index in [9.17, 15) is 24.4 Å². The Morgan fingerprint density at radius 1 is 1.13 bits per heavy atom. The summed E-state index contributed by atoms with van der Waals surface area (Å²) in [6.07, 6.45) is 5.70. The van der Waals surface area contributed by atoms with Crippen molar-refractivity contribution in [2.24, 2.45) is 17.6 Å². The van der Waals surface area contributed by atoms with Gasteiger partial charge in [-0.25, -0.2) is 14.7 Å². The maximum absolute atomic E-state index is 13.9. The zero-order chi connectivity index (χ0) is 21.7. The number of primary amides is 1. The van der Waals surface area contributed by atoms with E-state index in [1.165, 1.54) is 0 Å². The van der Waals surface area contributed by atoms with Crippen molar-refractivity contribution in [2.75, 3.05) is 13.1 Å². The summed E-state index contributed by atoms with van der Waals surface area (Å²) in [5.41, 5.74) is 5.99. The molecule has 2 aliphatic rings. The molecule has 30 heavy (non-hydrogen) atoms. The number of hydrogen-bond acceptors (Lipinski definition) is 5. The molecule has 0 bridgehead atoms. The number of quaternary nitrogens is 1. The van der Waals surface area contributed by atoms with Gasteiger partial charge in [-0.2, -0.15) is 4.48 Å². The molecule has 0 spiro atoms. The van der Waals surface area contributed by atoms with E-state index in [1.54, 1.807) is 30.3 Å². The normalized spacial score (nSPS) is 25.0. The second-order valence-corrected chi connectivity index (χ2v) is 8.47. The minimum absolute atomic E-state index is 0.188. The van der Waals surface area contributed by atoms with Gasteiger partial charge in [0.05, 0.1) is 24.6 Å². The van der Waals surface area contributed by atoms with Crippen molar-refractivity contribution < 1.29 is 28.9 Å². The number of hydrogen-bond donors (Lipinski definition) is 2. The Morgan fingerprint density at radius 2 is 1.80 bits per heavy atom. The van der Waals surface area contributed by atoms with E-state index >= 15 is 0 Å². The van der Waals surface area contributed by atoms with Crippen molar-refractivity contribution in [3.05, 3.63) is 35.9 Å². The standard InChI is InChI=1S/C22H29N3O5/c23-20(27)19-11-6-12-25(19,21(28)17-9-2-1-3-10-17)22(29)18(14-24(30)15-26)13-16-7-4-5-8-16/h1-3,9-10,15-16,18-19,30H,4-8,11-14H2,(H-,23,27)/p+1/t18-,19+,25?/m1/s1. The lowest BCUT2D eigenvalue weighted by Crippen LogP contribution is -2.65. The monoisotopic (exact) mass is 416 g/mol. The lowest BCUT2D eigenvalue weighted by atomic mass is 9.90. The van der Waals surface area contributed by atoms with Crippen molar-refractivity contribution >= 4 is 24.1 Å². The third-order valence-corrected chi connectivity index (χ3v) is 6.60. The quantitative estimate of drug-likeness (QED) is 0.290. The van der Waals surface area contributed by atoms with Gasteiger partial charge in [-0.3, -0.25) is 14.8 Å². The molecule has 1 aromatic carbocycles. The Bertz CT molecular complexity index is 793. The van der Waals surface area contributed by atoms with Gasteiger partial charge < -0.3 is 5.73 Å². The van der Waals surface area contributed by atoms with Crippen LogP contribution in [0.2, 0.25) is 0 Å². The summed E-state index contributed by atoms with van der Waals surface area (Å²) in [5, 5.41) is 10.3. The molecule has 1 aromatic rings. The summed E-state index contributed by atoms with van der Waals surface area (Å²) in [5.74, 6) is -2.02. The fourth-order valence-corrected chi connectivity index (χ4v) is 5.18. The highest BCUT2D eigenvalue weighted by atomic mass is 16.5. The number of likely N-dealkylation sites (tertiary alicyclic amines) is 1. The van der Waals surface area contributed by atoms with Gasteiger partial charge in [0.2, 0.25) is 6.41 Å². The number of amides is 4. The highest BCUT2D eigenvalue weighted by molar-refractivity contribution is 5.99. The van der Waals surface area contributed by atoms with E-state index < -0.39 is 34.2 Å². The van der Waals surface area contributed by atoms with Crippen LogP contribution in [0.15, 0.2) is 30.3 Å². The van der Waals surface area contributed by atoms with E-state index in [4.69, 9.17) is 5.73 Å². The van der Waals surface area contributed by atoms with E-state index in [2.05, 4.69) is 0 Å². The molecule has 3 rings (SSSR count). The van der Waals surface area contributed by atoms with Crippen LogP contribution in [-0.2, 0) is 14.4 Å². The average molecular weight is 416 g/mol. The van der Waals surface area contributed by atoms with Crippen molar-refractivity contribution in [2.45, 2.75) is 51.0 Å². The molecule has 1 saturated heterocycles. The summed E-state index contributed by atoms with van der Waals surface area (Å²) in [4.78, 5) is 50.9. The zero-order valence-electron chi connectivity index (χ0n) is 17.1. The molecule has 1 aliphatic heterocycles. The van der Waals surface area contributed by atoms with E-state index in [-0.39, 0.29) is 19.5 Å². The van der Waals surface area contributed by atoms with Gasteiger partial charge in [0.25, 0.3) is 5.91 Å². The molecule has 1 heterocycles. The third-order valence-electron chi connectivity index (χ3n) is 6.60. The second kappa shape index (κ2) is 9.49. The maximum Gasteiger partial charge on any atom is 0.353 e. The van der Waals surface area contributed by atoms with E-state index in [1.807, 2.05) is 0 Å². The molecule has 162 valence electrons. The number of hydroxylamine groups is 2. The van der Waals surface area contributed by atoms with Gasteiger partial charge in [-0.15, -0.1) is 0 Å². The number of nitrogens with two attached hydrogens (primary N) is 1. The molecule has 4 amide bonds. The first-order chi connectivity index (χ1) is 14.4. The lowest BCUT2D eigenvalue weighted by molar-refractivity contribution is -0.777. The Kier molecular flexibility index (Phi) is 6.99. The SMILES string of the molecule is NC(=O)[C@@H]1CCC[N+]1(C(=O)c1ccccc1)C(=O)[C@H](CC1CCCC1)CN(O)C=O. The van der Waals surface area contributed by atoms with Crippen molar-refractivity contribution in [1.29, 1.82) is 0 Å². The summed E-state index contributed by atoms with van der Waals surface area (Å²) in [6.45, 7) is -0.0137. The molecule has 0 aromatic heterocycles. The van der Waals surface area contributed by atoms with Crippen LogP contribution in [0.1, 0.15) is 55.3 Å². The first-order valence-corrected chi connectivity index (χ1v) is 10.6. The predicted octanol–water partition coefficient (Wildman–Crippen LogP) is 1.86. The Hall–Kier alpha value is -2.58. The van der Waals surface area contributed by atoms with Crippen molar-refractivity contribution in [1.82, 2.24) is 5.06 Å². The Balaban J connectivity index is 2.01. The molecule has 3 atom stereocenters. The fraction of sp³-hybridized carbons (Fsp3) is 0.545. The fourth-order valence-electron chi connectivity index (χ4n) is 5.18. The molecule has 8 nitrogen and oxygen atoms in total. The number of carbonyl (C=O) groups excluding carboxylic acids is 4. The third kappa shape index (κ3) is 4.29. The van der Waals surface area contributed by atoms with Crippen LogP contribution in [0.4, 0.5) is 0 Å². The van der Waals surface area contributed by atoms with Crippen LogP contribution in [0, 0.1) is 11.8 Å². The molecule has 1 aliphatic carbocycles. The summed E-state index contributed by atoms with van der Waals surface area (Å²) in [6, 6.07) is 7.50. The van der Waals surface area contributed by atoms with Crippen LogP contribution in [0.3, 0.4) is 0 Å². The largest absolute Gasteiger partial charge is 0.364 e. The van der Waals surface area contributed by atoms with Crippen LogP contribution < -0.4 is 5.73 Å². The van der Waals surface area contributed by atoms with Crippen LogP contribution in [0.25, 0.3) is 0 Å². The van der Waals surface area contributed by atoms with Gasteiger partial charge in [-0.1, -0.05) is 43.9 Å². The zero-order valence-corrected chi connectivity index (χ0v) is 17.1. The number of imide groups is 1. The van der Waals surface area contributed by atoms with Gasteiger partial charge in [0.15, 0.2) is 6.04 Å². The second-order valence-electron chi connectivity index (χ2n) is 8.47. The lowest BCUT2D eigenvalue weighted by Gasteiger charge is -2.36. The van der Waals surface area contributed by atoms with Crippen molar-refractivity contribution in [3.8, 4) is 0 Å². The Morgan fingerprint density at radius 3 is 2.40 bits per heavy atom.